The fraction of sp³-hybridized carbons (Fsp3) is 0.792. The molecule has 0 saturated carbocycles. The molecule has 0 aromatic heterocycles. The molecular formula is C24H38O13. The van der Waals surface area contributed by atoms with Gasteiger partial charge in [0.1, 0.15) is 24.9 Å². The van der Waals surface area contributed by atoms with Crippen molar-refractivity contribution in [2.75, 3.05) is 13.2 Å². The van der Waals surface area contributed by atoms with Crippen molar-refractivity contribution in [2.24, 2.45) is 11.8 Å². The smallest absolute Gasteiger partial charge is 0.304 e. The second-order valence-corrected chi connectivity index (χ2v) is 8.90. The van der Waals surface area contributed by atoms with Crippen molar-refractivity contribution in [2.45, 2.75) is 98.3 Å². The number of rotatable bonds is 7. The van der Waals surface area contributed by atoms with E-state index < -0.39 is 66.8 Å². The number of esters is 5. The van der Waals surface area contributed by atoms with Gasteiger partial charge in [-0.3, -0.25) is 24.0 Å². The van der Waals surface area contributed by atoms with Gasteiger partial charge in [0.15, 0.2) is 0 Å². The second kappa shape index (κ2) is 15.5. The Labute approximate surface area is 216 Å². The van der Waals surface area contributed by atoms with E-state index in [0.29, 0.717) is 0 Å². The Kier molecular flexibility index (Phi) is 13.5. The number of hydrogen-bond donors (Lipinski definition) is 1. The van der Waals surface area contributed by atoms with Crippen LogP contribution < -0.4 is 0 Å². The van der Waals surface area contributed by atoms with E-state index in [-0.39, 0.29) is 37.9 Å². The van der Waals surface area contributed by atoms with Gasteiger partial charge >= 0.3 is 29.8 Å². The maximum absolute atomic E-state index is 11.1. The molecule has 0 aromatic carbocycles. The van der Waals surface area contributed by atoms with E-state index in [1.165, 1.54) is 34.6 Å². The standard InChI is InChI=1S/C13H20O7.C11H18O6/c1-7-11(18-9(3)15)5-13(19-10(4)16)20-12(7)6-17-8(2)14;1-6-9(15-7(2)13)4-11(16-8(3)14)17-10(6)5-12/h7,11-13H,5-6H2,1-4H3;6,9-12H,4-5H2,1-3H3. The molecule has 0 amide bonds. The van der Waals surface area contributed by atoms with Crippen LogP contribution in [0.5, 0.6) is 0 Å². The van der Waals surface area contributed by atoms with E-state index >= 15 is 0 Å². The van der Waals surface area contributed by atoms with Crippen LogP contribution in [0.3, 0.4) is 0 Å². The Morgan fingerprint density at radius 1 is 0.649 bits per heavy atom. The predicted octanol–water partition coefficient (Wildman–Crippen LogP) is 1.02. The highest BCUT2D eigenvalue weighted by Gasteiger charge is 2.40. The Morgan fingerprint density at radius 3 is 1.38 bits per heavy atom. The second-order valence-electron chi connectivity index (χ2n) is 8.90. The summed E-state index contributed by atoms with van der Waals surface area (Å²) in [6.45, 7) is 9.91. The van der Waals surface area contributed by atoms with Gasteiger partial charge in [0, 0.05) is 59.3 Å². The van der Waals surface area contributed by atoms with E-state index in [4.69, 9.17) is 38.3 Å². The quantitative estimate of drug-likeness (QED) is 0.363. The zero-order valence-electron chi connectivity index (χ0n) is 22.3. The number of aliphatic hydroxyl groups excluding tert-OH is 1. The largest absolute Gasteiger partial charge is 0.463 e. The summed E-state index contributed by atoms with van der Waals surface area (Å²) >= 11 is 0. The SMILES string of the molecule is CC(=O)OC1CC(OC(C)=O)C(C)C(CO)O1.CC(=O)OCC1OC(OC(C)=O)CC(OC(C)=O)C1C. The molecule has 13 nitrogen and oxygen atoms in total. The highest BCUT2D eigenvalue weighted by atomic mass is 16.7. The molecule has 2 saturated heterocycles. The van der Waals surface area contributed by atoms with Crippen molar-refractivity contribution < 1.29 is 62.2 Å². The molecular weight excluding hydrogens is 496 g/mol. The summed E-state index contributed by atoms with van der Waals surface area (Å²) in [5.41, 5.74) is 0. The van der Waals surface area contributed by atoms with Crippen LogP contribution in [-0.4, -0.2) is 85.2 Å². The van der Waals surface area contributed by atoms with E-state index in [2.05, 4.69) is 0 Å². The summed E-state index contributed by atoms with van der Waals surface area (Å²) < 4.78 is 36.1. The van der Waals surface area contributed by atoms with E-state index in [9.17, 15) is 24.0 Å². The molecule has 37 heavy (non-hydrogen) atoms. The molecule has 0 spiro atoms. The monoisotopic (exact) mass is 534 g/mol. The van der Waals surface area contributed by atoms with Crippen LogP contribution in [0.15, 0.2) is 0 Å². The maximum atomic E-state index is 11.1. The molecule has 8 unspecified atom stereocenters. The van der Waals surface area contributed by atoms with Crippen molar-refractivity contribution in [1.82, 2.24) is 0 Å². The van der Waals surface area contributed by atoms with Crippen LogP contribution in [0.25, 0.3) is 0 Å². The number of hydrogen-bond acceptors (Lipinski definition) is 13. The predicted molar refractivity (Wildman–Crippen MR) is 123 cm³/mol. The molecule has 0 bridgehead atoms. The van der Waals surface area contributed by atoms with Gasteiger partial charge in [-0.05, 0) is 0 Å². The summed E-state index contributed by atoms with van der Waals surface area (Å²) in [5.74, 6) is -2.53. The van der Waals surface area contributed by atoms with Crippen molar-refractivity contribution in [1.29, 1.82) is 0 Å². The average Bonchev–Trinajstić information content (AvgIpc) is 2.75. The van der Waals surface area contributed by atoms with E-state index in [1.54, 1.807) is 0 Å². The first-order valence-corrected chi connectivity index (χ1v) is 12.0. The molecule has 13 heteroatoms. The average molecular weight is 535 g/mol. The highest BCUT2D eigenvalue weighted by molar-refractivity contribution is 5.67. The van der Waals surface area contributed by atoms with Gasteiger partial charge in [0.2, 0.25) is 12.6 Å². The van der Waals surface area contributed by atoms with Crippen LogP contribution in [-0.2, 0) is 57.1 Å². The van der Waals surface area contributed by atoms with Crippen LogP contribution in [0.2, 0.25) is 0 Å². The molecule has 2 heterocycles. The topological polar surface area (TPSA) is 170 Å². The lowest BCUT2D eigenvalue weighted by molar-refractivity contribution is -0.241. The van der Waals surface area contributed by atoms with Crippen molar-refractivity contribution >= 4 is 29.8 Å². The minimum Gasteiger partial charge on any atom is -0.463 e. The number of aliphatic hydroxyl groups is 1. The zero-order chi connectivity index (χ0) is 28.3. The maximum Gasteiger partial charge on any atom is 0.304 e. The third-order valence-electron chi connectivity index (χ3n) is 5.71. The van der Waals surface area contributed by atoms with Crippen LogP contribution >= 0.6 is 0 Å². The molecule has 2 aliphatic heterocycles. The van der Waals surface area contributed by atoms with Gasteiger partial charge in [0.05, 0.1) is 12.7 Å². The van der Waals surface area contributed by atoms with Gasteiger partial charge in [-0.25, -0.2) is 0 Å². The Hall–Kier alpha value is -2.77. The lowest BCUT2D eigenvalue weighted by atomic mass is 9.92. The third kappa shape index (κ3) is 11.9. The van der Waals surface area contributed by atoms with Crippen LogP contribution in [0, 0.1) is 11.8 Å². The summed E-state index contributed by atoms with van der Waals surface area (Å²) in [7, 11) is 0. The molecule has 1 N–H and O–H groups in total. The van der Waals surface area contributed by atoms with Crippen molar-refractivity contribution in [3.63, 3.8) is 0 Å². The zero-order valence-corrected chi connectivity index (χ0v) is 22.3. The first-order chi connectivity index (χ1) is 17.2. The Balaban J connectivity index is 0.000000375. The molecule has 0 aliphatic carbocycles. The number of carbonyl (C=O) groups excluding carboxylic acids is 5. The van der Waals surface area contributed by atoms with Crippen molar-refractivity contribution in [3.8, 4) is 0 Å². The fourth-order valence-electron chi connectivity index (χ4n) is 3.90. The molecule has 2 aliphatic rings. The molecule has 8 atom stereocenters. The minimum atomic E-state index is -0.811. The van der Waals surface area contributed by atoms with Gasteiger partial charge in [-0.2, -0.15) is 0 Å². The summed E-state index contributed by atoms with van der Waals surface area (Å²) in [5, 5.41) is 9.16. The molecule has 2 rings (SSSR count). The molecule has 212 valence electrons. The lowest BCUT2D eigenvalue weighted by Crippen LogP contribution is -2.48. The fourth-order valence-corrected chi connectivity index (χ4v) is 3.90. The van der Waals surface area contributed by atoms with Crippen molar-refractivity contribution in [3.05, 3.63) is 0 Å². The van der Waals surface area contributed by atoms with E-state index in [0.717, 1.165) is 0 Å². The number of carbonyl (C=O) groups is 5. The van der Waals surface area contributed by atoms with Gasteiger partial charge < -0.3 is 38.3 Å². The normalized spacial score (nSPS) is 31.0. The lowest BCUT2D eigenvalue weighted by Gasteiger charge is -2.38. The first-order valence-electron chi connectivity index (χ1n) is 12.0. The summed E-state index contributed by atoms with van der Waals surface area (Å²) in [6.07, 6.45) is -2.90. The number of ether oxygens (including phenoxy) is 7. The van der Waals surface area contributed by atoms with E-state index in [1.807, 2.05) is 13.8 Å². The Bertz CT molecular complexity index is 798. The van der Waals surface area contributed by atoms with Crippen LogP contribution in [0.1, 0.15) is 61.3 Å². The van der Waals surface area contributed by atoms with Gasteiger partial charge in [-0.1, -0.05) is 13.8 Å². The Morgan fingerprint density at radius 2 is 1.03 bits per heavy atom. The molecule has 2 fully saturated rings. The van der Waals surface area contributed by atoms with Crippen LogP contribution in [0.4, 0.5) is 0 Å². The highest BCUT2D eigenvalue weighted by Crippen LogP contribution is 2.29. The minimum absolute atomic E-state index is 0.0199. The first kappa shape index (κ1) is 32.3. The van der Waals surface area contributed by atoms with Gasteiger partial charge in [-0.15, -0.1) is 0 Å². The van der Waals surface area contributed by atoms with Gasteiger partial charge in [0.25, 0.3) is 0 Å². The molecule has 0 aromatic rings. The molecule has 0 radical (unpaired) electrons. The summed E-state index contributed by atoms with van der Waals surface area (Å²) in [4.78, 5) is 54.8. The third-order valence-corrected chi connectivity index (χ3v) is 5.71. The summed E-state index contributed by atoms with van der Waals surface area (Å²) in [6, 6.07) is 0.